The number of amides is 1. The predicted octanol–water partition coefficient (Wildman–Crippen LogP) is 2.84. The van der Waals surface area contributed by atoms with E-state index in [9.17, 15) is 4.79 Å². The highest BCUT2D eigenvalue weighted by atomic mass is 16.1. The van der Waals surface area contributed by atoms with Gasteiger partial charge in [0.25, 0.3) is 0 Å². The zero-order valence-electron chi connectivity index (χ0n) is 10.3. The van der Waals surface area contributed by atoms with Crippen molar-refractivity contribution in [2.24, 2.45) is 0 Å². The van der Waals surface area contributed by atoms with E-state index in [2.05, 4.69) is 43.4 Å². The monoisotopic (exact) mass is 219 g/mol. The minimum atomic E-state index is 0.161. The Morgan fingerprint density at radius 3 is 2.56 bits per heavy atom. The number of nitrogens with one attached hydrogen (secondary N) is 1. The largest absolute Gasteiger partial charge is 0.356 e. The van der Waals surface area contributed by atoms with Crippen LogP contribution in [0.25, 0.3) is 0 Å². The van der Waals surface area contributed by atoms with E-state index < -0.39 is 0 Å². The van der Waals surface area contributed by atoms with Crippen molar-refractivity contribution in [3.8, 4) is 0 Å². The van der Waals surface area contributed by atoms with Crippen molar-refractivity contribution in [3.05, 3.63) is 35.4 Å². The number of unbranched alkanes of at least 4 members (excludes halogenated alkanes) is 1. The molecule has 0 radical (unpaired) electrons. The van der Waals surface area contributed by atoms with Gasteiger partial charge in [0, 0.05) is 13.0 Å². The van der Waals surface area contributed by atoms with Gasteiger partial charge in [0.05, 0.1) is 0 Å². The van der Waals surface area contributed by atoms with Gasteiger partial charge in [-0.1, -0.05) is 43.2 Å². The van der Waals surface area contributed by atoms with Gasteiger partial charge in [0.15, 0.2) is 0 Å². The zero-order valence-corrected chi connectivity index (χ0v) is 10.3. The number of rotatable bonds is 6. The van der Waals surface area contributed by atoms with Crippen LogP contribution in [-0.2, 0) is 11.2 Å². The van der Waals surface area contributed by atoms with Crippen LogP contribution < -0.4 is 5.32 Å². The molecule has 0 aliphatic carbocycles. The van der Waals surface area contributed by atoms with Crippen molar-refractivity contribution < 1.29 is 4.79 Å². The molecule has 0 bridgehead atoms. The van der Waals surface area contributed by atoms with E-state index in [1.807, 2.05) is 0 Å². The molecule has 2 nitrogen and oxygen atoms in total. The fourth-order valence-corrected chi connectivity index (χ4v) is 1.51. The molecule has 1 rings (SSSR count). The lowest BCUT2D eigenvalue weighted by Gasteiger charge is -2.04. The molecule has 0 aliphatic heterocycles. The van der Waals surface area contributed by atoms with Crippen molar-refractivity contribution in [3.63, 3.8) is 0 Å². The van der Waals surface area contributed by atoms with E-state index in [1.54, 1.807) is 0 Å². The highest BCUT2D eigenvalue weighted by Crippen LogP contribution is 2.05. The maximum Gasteiger partial charge on any atom is 0.220 e. The molecule has 0 aromatic heterocycles. The lowest BCUT2D eigenvalue weighted by atomic mass is 10.1. The van der Waals surface area contributed by atoms with Gasteiger partial charge in [0.1, 0.15) is 0 Å². The summed E-state index contributed by atoms with van der Waals surface area (Å²) < 4.78 is 0. The summed E-state index contributed by atoms with van der Waals surface area (Å²) in [4.78, 5) is 11.4. The van der Waals surface area contributed by atoms with Crippen LogP contribution in [0.5, 0.6) is 0 Å². The van der Waals surface area contributed by atoms with Crippen LogP contribution in [0.15, 0.2) is 24.3 Å². The van der Waals surface area contributed by atoms with Gasteiger partial charge in [-0.05, 0) is 25.3 Å². The molecular formula is C14H21NO. The topological polar surface area (TPSA) is 29.1 Å². The number of carbonyl (C=O) groups excluding carboxylic acids is 1. The molecule has 1 amide bonds. The first-order chi connectivity index (χ1) is 7.72. The second kappa shape index (κ2) is 7.04. The third-order valence-electron chi connectivity index (χ3n) is 2.61. The van der Waals surface area contributed by atoms with Crippen molar-refractivity contribution in [1.82, 2.24) is 5.32 Å². The van der Waals surface area contributed by atoms with E-state index >= 15 is 0 Å². The first-order valence-corrected chi connectivity index (χ1v) is 6.04. The van der Waals surface area contributed by atoms with Gasteiger partial charge in [-0.15, -0.1) is 0 Å². The fraction of sp³-hybridized carbons (Fsp3) is 0.500. The van der Waals surface area contributed by atoms with Crippen molar-refractivity contribution in [2.75, 3.05) is 6.54 Å². The van der Waals surface area contributed by atoms with Crippen LogP contribution in [-0.4, -0.2) is 12.5 Å². The maximum atomic E-state index is 11.4. The maximum absolute atomic E-state index is 11.4. The Morgan fingerprint density at radius 2 is 1.94 bits per heavy atom. The summed E-state index contributed by atoms with van der Waals surface area (Å²) in [7, 11) is 0. The van der Waals surface area contributed by atoms with Crippen LogP contribution in [0.1, 0.15) is 37.3 Å². The van der Waals surface area contributed by atoms with Crippen LogP contribution in [0.4, 0.5) is 0 Å². The Balaban J connectivity index is 2.23. The smallest absolute Gasteiger partial charge is 0.220 e. The van der Waals surface area contributed by atoms with Crippen LogP contribution in [0.2, 0.25) is 0 Å². The molecular weight excluding hydrogens is 198 g/mol. The SMILES string of the molecule is CCCCNC(=O)CCc1ccc(C)cc1. The molecule has 1 aromatic rings. The minimum absolute atomic E-state index is 0.161. The summed E-state index contributed by atoms with van der Waals surface area (Å²) in [6.45, 7) is 5.00. The number of hydrogen-bond donors (Lipinski definition) is 1. The van der Waals surface area contributed by atoms with Gasteiger partial charge in [-0.3, -0.25) is 4.79 Å². The van der Waals surface area contributed by atoms with E-state index in [0.717, 1.165) is 25.8 Å². The normalized spacial score (nSPS) is 10.1. The average Bonchev–Trinajstić information content (AvgIpc) is 2.29. The first-order valence-electron chi connectivity index (χ1n) is 6.04. The molecule has 0 spiro atoms. The quantitative estimate of drug-likeness (QED) is 0.732. The third kappa shape index (κ3) is 4.96. The van der Waals surface area contributed by atoms with Crippen LogP contribution in [0.3, 0.4) is 0 Å². The average molecular weight is 219 g/mol. The number of aryl methyl sites for hydroxylation is 2. The molecule has 0 atom stereocenters. The predicted molar refractivity (Wildman–Crippen MR) is 67.4 cm³/mol. The third-order valence-corrected chi connectivity index (χ3v) is 2.61. The van der Waals surface area contributed by atoms with Crippen LogP contribution >= 0.6 is 0 Å². The highest BCUT2D eigenvalue weighted by Gasteiger charge is 2.00. The molecule has 0 unspecified atom stereocenters. The Hall–Kier alpha value is -1.31. The van der Waals surface area contributed by atoms with Crippen LogP contribution in [0, 0.1) is 6.92 Å². The van der Waals surface area contributed by atoms with Gasteiger partial charge >= 0.3 is 0 Å². The van der Waals surface area contributed by atoms with Gasteiger partial charge < -0.3 is 5.32 Å². The Morgan fingerprint density at radius 1 is 1.25 bits per heavy atom. The Labute approximate surface area is 98.1 Å². The van der Waals surface area contributed by atoms with Gasteiger partial charge in [0.2, 0.25) is 5.91 Å². The highest BCUT2D eigenvalue weighted by molar-refractivity contribution is 5.76. The summed E-state index contributed by atoms with van der Waals surface area (Å²) in [5.74, 6) is 0.161. The van der Waals surface area contributed by atoms with Crippen molar-refractivity contribution in [1.29, 1.82) is 0 Å². The number of benzene rings is 1. The fourth-order valence-electron chi connectivity index (χ4n) is 1.51. The Bertz CT molecular complexity index is 316. The lowest BCUT2D eigenvalue weighted by Crippen LogP contribution is -2.24. The minimum Gasteiger partial charge on any atom is -0.356 e. The van der Waals surface area contributed by atoms with Crippen molar-refractivity contribution >= 4 is 5.91 Å². The number of carbonyl (C=O) groups is 1. The standard InChI is InChI=1S/C14H21NO/c1-3-4-11-15-14(16)10-9-13-7-5-12(2)6-8-13/h5-8H,3-4,9-11H2,1-2H3,(H,15,16). The summed E-state index contributed by atoms with van der Waals surface area (Å²) in [5, 5.41) is 2.93. The molecule has 1 aromatic carbocycles. The Kier molecular flexibility index (Phi) is 5.62. The molecule has 88 valence electrons. The van der Waals surface area contributed by atoms with E-state index in [1.165, 1.54) is 11.1 Å². The number of hydrogen-bond acceptors (Lipinski definition) is 1. The summed E-state index contributed by atoms with van der Waals surface area (Å²) in [6, 6.07) is 8.36. The second-order valence-electron chi connectivity index (χ2n) is 4.19. The molecule has 0 saturated carbocycles. The summed E-state index contributed by atoms with van der Waals surface area (Å²) in [5.41, 5.74) is 2.49. The molecule has 0 saturated heterocycles. The second-order valence-corrected chi connectivity index (χ2v) is 4.19. The van der Waals surface area contributed by atoms with E-state index in [0.29, 0.717) is 6.42 Å². The van der Waals surface area contributed by atoms with Crippen molar-refractivity contribution in [2.45, 2.75) is 39.5 Å². The zero-order chi connectivity index (χ0) is 11.8. The van der Waals surface area contributed by atoms with Gasteiger partial charge in [-0.25, -0.2) is 0 Å². The molecule has 2 heteroatoms. The summed E-state index contributed by atoms with van der Waals surface area (Å²) in [6.07, 6.45) is 3.61. The lowest BCUT2D eigenvalue weighted by molar-refractivity contribution is -0.121. The van der Waals surface area contributed by atoms with E-state index in [-0.39, 0.29) is 5.91 Å². The summed E-state index contributed by atoms with van der Waals surface area (Å²) >= 11 is 0. The molecule has 16 heavy (non-hydrogen) atoms. The van der Waals surface area contributed by atoms with E-state index in [4.69, 9.17) is 0 Å². The molecule has 0 aliphatic rings. The molecule has 1 N–H and O–H groups in total. The molecule has 0 heterocycles. The molecule has 0 fully saturated rings. The first kappa shape index (κ1) is 12.8. The van der Waals surface area contributed by atoms with Gasteiger partial charge in [-0.2, -0.15) is 0 Å².